The Morgan fingerprint density at radius 2 is 1.93 bits per heavy atom. The van der Waals surface area contributed by atoms with Gasteiger partial charge in [0.15, 0.2) is 0 Å². The molecule has 15 heavy (non-hydrogen) atoms. The van der Waals surface area contributed by atoms with Gasteiger partial charge in [-0.3, -0.25) is 4.90 Å². The van der Waals surface area contributed by atoms with Gasteiger partial charge in [0.2, 0.25) is 0 Å². The molecular weight excluding hydrogens is 184 g/mol. The molecule has 1 saturated heterocycles. The van der Waals surface area contributed by atoms with Crippen molar-refractivity contribution >= 4 is 0 Å². The summed E-state index contributed by atoms with van der Waals surface area (Å²) < 4.78 is 0. The lowest BCUT2D eigenvalue weighted by atomic mass is 9.96. The summed E-state index contributed by atoms with van der Waals surface area (Å²) in [6.07, 6.45) is 2.65. The van der Waals surface area contributed by atoms with E-state index in [1.165, 1.54) is 39.0 Å². The molecule has 2 heteroatoms. The Kier molecular flexibility index (Phi) is 5.62. The zero-order chi connectivity index (χ0) is 11.3. The second kappa shape index (κ2) is 6.49. The van der Waals surface area contributed by atoms with Crippen molar-refractivity contribution in [2.75, 3.05) is 26.2 Å². The van der Waals surface area contributed by atoms with Gasteiger partial charge in [0, 0.05) is 32.2 Å². The number of piperazine rings is 1. The monoisotopic (exact) mass is 212 g/mol. The maximum Gasteiger partial charge on any atom is 0.0244 e. The summed E-state index contributed by atoms with van der Waals surface area (Å²) in [6.45, 7) is 14.2. The molecular formula is C13H28N2. The molecule has 1 heterocycles. The SMILES string of the molecule is CCC(CC)CN1CCNCC1C(C)C. The third-order valence-electron chi connectivity index (χ3n) is 3.82. The number of nitrogens with zero attached hydrogens (tertiary/aromatic N) is 1. The van der Waals surface area contributed by atoms with Crippen molar-refractivity contribution in [1.82, 2.24) is 10.2 Å². The molecule has 0 aliphatic carbocycles. The van der Waals surface area contributed by atoms with Crippen molar-refractivity contribution in [3.8, 4) is 0 Å². The normalized spacial score (nSPS) is 24.0. The first-order valence-electron chi connectivity index (χ1n) is 6.63. The van der Waals surface area contributed by atoms with Crippen molar-refractivity contribution in [1.29, 1.82) is 0 Å². The van der Waals surface area contributed by atoms with Crippen LogP contribution >= 0.6 is 0 Å². The predicted molar refractivity (Wildman–Crippen MR) is 67.1 cm³/mol. The van der Waals surface area contributed by atoms with Gasteiger partial charge in [0.25, 0.3) is 0 Å². The highest BCUT2D eigenvalue weighted by Crippen LogP contribution is 2.17. The summed E-state index contributed by atoms with van der Waals surface area (Å²) in [5.41, 5.74) is 0. The molecule has 0 amide bonds. The highest BCUT2D eigenvalue weighted by Gasteiger charge is 2.25. The topological polar surface area (TPSA) is 15.3 Å². The Morgan fingerprint density at radius 1 is 1.27 bits per heavy atom. The molecule has 0 aromatic heterocycles. The molecule has 1 unspecified atom stereocenters. The minimum atomic E-state index is 0.749. The third kappa shape index (κ3) is 3.76. The number of hydrogen-bond acceptors (Lipinski definition) is 2. The molecule has 0 aromatic rings. The minimum absolute atomic E-state index is 0.749. The van der Waals surface area contributed by atoms with E-state index >= 15 is 0 Å². The molecule has 0 aromatic carbocycles. The van der Waals surface area contributed by atoms with Gasteiger partial charge in [-0.15, -0.1) is 0 Å². The fraction of sp³-hybridized carbons (Fsp3) is 1.00. The summed E-state index contributed by atoms with van der Waals surface area (Å²) in [6, 6.07) is 0.749. The fourth-order valence-electron chi connectivity index (χ4n) is 2.53. The molecule has 1 aliphatic rings. The van der Waals surface area contributed by atoms with Crippen LogP contribution in [0.5, 0.6) is 0 Å². The van der Waals surface area contributed by atoms with E-state index in [-0.39, 0.29) is 0 Å². The number of rotatable bonds is 5. The Hall–Kier alpha value is -0.0800. The van der Waals surface area contributed by atoms with E-state index in [0.717, 1.165) is 17.9 Å². The van der Waals surface area contributed by atoms with Crippen LogP contribution in [0, 0.1) is 11.8 Å². The molecule has 0 radical (unpaired) electrons. The summed E-state index contributed by atoms with van der Waals surface area (Å²) in [4.78, 5) is 2.71. The van der Waals surface area contributed by atoms with Crippen LogP contribution in [0.25, 0.3) is 0 Å². The van der Waals surface area contributed by atoms with Gasteiger partial charge in [-0.2, -0.15) is 0 Å². The van der Waals surface area contributed by atoms with Crippen molar-refractivity contribution < 1.29 is 0 Å². The van der Waals surface area contributed by atoms with E-state index in [4.69, 9.17) is 0 Å². The van der Waals surface area contributed by atoms with Crippen LogP contribution in [-0.2, 0) is 0 Å². The molecule has 2 nitrogen and oxygen atoms in total. The lowest BCUT2D eigenvalue weighted by molar-refractivity contribution is 0.103. The predicted octanol–water partition coefficient (Wildman–Crippen LogP) is 2.35. The number of hydrogen-bond donors (Lipinski definition) is 1. The summed E-state index contributed by atoms with van der Waals surface area (Å²) >= 11 is 0. The minimum Gasteiger partial charge on any atom is -0.314 e. The van der Waals surface area contributed by atoms with E-state index in [1.807, 2.05) is 0 Å². The van der Waals surface area contributed by atoms with Crippen LogP contribution in [0.4, 0.5) is 0 Å². The lowest BCUT2D eigenvalue weighted by Crippen LogP contribution is -2.54. The van der Waals surface area contributed by atoms with E-state index in [2.05, 4.69) is 37.9 Å². The first-order chi connectivity index (χ1) is 7.19. The van der Waals surface area contributed by atoms with Gasteiger partial charge in [-0.05, 0) is 11.8 Å². The molecule has 90 valence electrons. The fourth-order valence-corrected chi connectivity index (χ4v) is 2.53. The Bertz CT molecular complexity index is 164. The molecule has 1 fully saturated rings. The van der Waals surface area contributed by atoms with E-state index in [0.29, 0.717) is 0 Å². The van der Waals surface area contributed by atoms with Crippen LogP contribution in [-0.4, -0.2) is 37.1 Å². The van der Waals surface area contributed by atoms with Gasteiger partial charge >= 0.3 is 0 Å². The van der Waals surface area contributed by atoms with Gasteiger partial charge in [0.1, 0.15) is 0 Å². The molecule has 0 bridgehead atoms. The largest absolute Gasteiger partial charge is 0.314 e. The second-order valence-corrected chi connectivity index (χ2v) is 5.19. The number of nitrogens with one attached hydrogen (secondary N) is 1. The smallest absolute Gasteiger partial charge is 0.0244 e. The second-order valence-electron chi connectivity index (χ2n) is 5.19. The van der Waals surface area contributed by atoms with Crippen LogP contribution in [0.1, 0.15) is 40.5 Å². The van der Waals surface area contributed by atoms with Gasteiger partial charge in [-0.25, -0.2) is 0 Å². The first-order valence-corrected chi connectivity index (χ1v) is 6.63. The highest BCUT2D eigenvalue weighted by molar-refractivity contribution is 4.83. The average Bonchev–Trinajstić information content (AvgIpc) is 2.26. The van der Waals surface area contributed by atoms with E-state index in [9.17, 15) is 0 Å². The lowest BCUT2D eigenvalue weighted by Gasteiger charge is -2.40. The molecule has 1 aliphatic heterocycles. The van der Waals surface area contributed by atoms with Crippen LogP contribution in [0.3, 0.4) is 0 Å². The van der Waals surface area contributed by atoms with Crippen molar-refractivity contribution in [3.63, 3.8) is 0 Å². The highest BCUT2D eigenvalue weighted by atomic mass is 15.2. The standard InChI is InChI=1S/C13H28N2/c1-5-12(6-2)10-15-8-7-14-9-13(15)11(3)4/h11-14H,5-10H2,1-4H3. The van der Waals surface area contributed by atoms with Crippen LogP contribution in [0.15, 0.2) is 0 Å². The zero-order valence-electron chi connectivity index (χ0n) is 10.9. The Balaban J connectivity index is 2.48. The molecule has 1 rings (SSSR count). The van der Waals surface area contributed by atoms with Gasteiger partial charge in [-0.1, -0.05) is 40.5 Å². The quantitative estimate of drug-likeness (QED) is 0.752. The van der Waals surface area contributed by atoms with Crippen molar-refractivity contribution in [2.24, 2.45) is 11.8 Å². The molecule has 0 saturated carbocycles. The molecule has 0 spiro atoms. The van der Waals surface area contributed by atoms with E-state index in [1.54, 1.807) is 0 Å². The van der Waals surface area contributed by atoms with Crippen molar-refractivity contribution in [3.05, 3.63) is 0 Å². The summed E-state index contributed by atoms with van der Waals surface area (Å²) in [7, 11) is 0. The average molecular weight is 212 g/mol. The van der Waals surface area contributed by atoms with E-state index < -0.39 is 0 Å². The first kappa shape index (κ1) is 13.0. The summed E-state index contributed by atoms with van der Waals surface area (Å²) in [5.74, 6) is 1.66. The molecule has 1 atom stereocenters. The van der Waals surface area contributed by atoms with Gasteiger partial charge < -0.3 is 5.32 Å². The Labute approximate surface area is 95.4 Å². The zero-order valence-corrected chi connectivity index (χ0v) is 10.9. The van der Waals surface area contributed by atoms with Crippen LogP contribution in [0.2, 0.25) is 0 Å². The van der Waals surface area contributed by atoms with Crippen LogP contribution < -0.4 is 5.32 Å². The maximum atomic E-state index is 3.51. The summed E-state index contributed by atoms with van der Waals surface area (Å²) in [5, 5.41) is 3.51. The van der Waals surface area contributed by atoms with Crippen molar-refractivity contribution in [2.45, 2.75) is 46.6 Å². The third-order valence-corrected chi connectivity index (χ3v) is 3.82. The maximum absolute atomic E-state index is 3.51. The Morgan fingerprint density at radius 3 is 2.47 bits per heavy atom. The molecule has 1 N–H and O–H groups in total. The van der Waals surface area contributed by atoms with Gasteiger partial charge in [0.05, 0.1) is 0 Å².